The number of anilines is 1. The lowest BCUT2D eigenvalue weighted by Gasteiger charge is -2.24. The summed E-state index contributed by atoms with van der Waals surface area (Å²) in [5.74, 6) is -2.56. The number of hydrogen-bond acceptors (Lipinski definition) is 2. The highest BCUT2D eigenvalue weighted by Gasteiger charge is 2.35. The number of thioether (sulfide) groups is 1. The van der Waals surface area contributed by atoms with E-state index < -0.39 is 22.8 Å². The predicted molar refractivity (Wildman–Crippen MR) is 75.4 cm³/mol. The van der Waals surface area contributed by atoms with Crippen LogP contribution in [0.2, 0.25) is 0 Å². The van der Waals surface area contributed by atoms with E-state index >= 15 is 0 Å². The summed E-state index contributed by atoms with van der Waals surface area (Å²) in [6.07, 6.45) is 0. The van der Waals surface area contributed by atoms with Crippen LogP contribution in [-0.4, -0.2) is 11.7 Å². The Morgan fingerprint density at radius 1 is 1.00 bits per heavy atom. The van der Waals surface area contributed by atoms with Gasteiger partial charge in [-0.05, 0) is 29.8 Å². The molecule has 1 atom stereocenters. The molecule has 21 heavy (non-hydrogen) atoms. The number of nitrogens with zero attached hydrogens (tertiary/aromatic N) is 1. The van der Waals surface area contributed by atoms with Crippen molar-refractivity contribution in [2.75, 3.05) is 10.7 Å². The topological polar surface area (TPSA) is 20.3 Å². The van der Waals surface area contributed by atoms with Gasteiger partial charge in [0, 0.05) is 0 Å². The molecule has 1 fully saturated rings. The smallest absolute Gasteiger partial charge is 0.238 e. The van der Waals surface area contributed by atoms with E-state index in [1.807, 2.05) is 0 Å². The van der Waals surface area contributed by atoms with E-state index in [1.165, 1.54) is 40.9 Å². The van der Waals surface area contributed by atoms with Crippen LogP contribution in [0.5, 0.6) is 0 Å². The molecule has 0 saturated carbocycles. The maximum Gasteiger partial charge on any atom is 0.238 e. The van der Waals surface area contributed by atoms with Gasteiger partial charge in [-0.3, -0.25) is 9.69 Å². The zero-order valence-electron chi connectivity index (χ0n) is 10.7. The Kier molecular flexibility index (Phi) is 3.63. The second-order valence-corrected chi connectivity index (χ2v) is 5.62. The lowest BCUT2D eigenvalue weighted by molar-refractivity contribution is -0.115. The first-order chi connectivity index (χ1) is 10.1. The third kappa shape index (κ3) is 2.51. The quantitative estimate of drug-likeness (QED) is 0.839. The van der Waals surface area contributed by atoms with Gasteiger partial charge in [0.25, 0.3) is 0 Å². The van der Waals surface area contributed by atoms with Crippen molar-refractivity contribution in [3.05, 3.63) is 65.5 Å². The molecule has 2 aromatic carbocycles. The molecule has 0 aliphatic carbocycles. The molecule has 0 spiro atoms. The summed E-state index contributed by atoms with van der Waals surface area (Å²) in [6.45, 7) is 0. The molecule has 0 bridgehead atoms. The first kappa shape index (κ1) is 14.0. The van der Waals surface area contributed by atoms with Crippen molar-refractivity contribution in [2.45, 2.75) is 5.37 Å². The summed E-state index contributed by atoms with van der Waals surface area (Å²) in [7, 11) is 0. The summed E-state index contributed by atoms with van der Waals surface area (Å²) >= 11 is 1.25. The molecule has 2 nitrogen and oxygen atoms in total. The number of carbonyl (C=O) groups is 1. The fourth-order valence-corrected chi connectivity index (χ4v) is 3.40. The monoisotopic (exact) mass is 309 g/mol. The van der Waals surface area contributed by atoms with Gasteiger partial charge in [-0.2, -0.15) is 0 Å². The highest BCUT2D eigenvalue weighted by atomic mass is 32.2. The van der Waals surface area contributed by atoms with Crippen LogP contribution in [-0.2, 0) is 4.79 Å². The SMILES string of the molecule is O=C1CS[C@H](c2ccc(F)c(F)c2)N1c1ccccc1F. The molecule has 2 aromatic rings. The van der Waals surface area contributed by atoms with Crippen molar-refractivity contribution >= 4 is 23.4 Å². The number of carbonyl (C=O) groups excluding carboxylic acids is 1. The Morgan fingerprint density at radius 2 is 1.76 bits per heavy atom. The van der Waals surface area contributed by atoms with Crippen molar-refractivity contribution in [3.63, 3.8) is 0 Å². The van der Waals surface area contributed by atoms with Crippen LogP contribution in [0.15, 0.2) is 42.5 Å². The van der Waals surface area contributed by atoms with Gasteiger partial charge in [-0.15, -0.1) is 11.8 Å². The van der Waals surface area contributed by atoms with E-state index in [-0.39, 0.29) is 17.3 Å². The van der Waals surface area contributed by atoms with Gasteiger partial charge < -0.3 is 0 Å². The third-order valence-corrected chi connectivity index (χ3v) is 4.42. The zero-order chi connectivity index (χ0) is 15.0. The first-order valence-corrected chi connectivity index (χ1v) is 7.26. The highest BCUT2D eigenvalue weighted by Crippen LogP contribution is 2.42. The molecule has 1 heterocycles. The molecule has 1 saturated heterocycles. The molecule has 108 valence electrons. The molecule has 0 N–H and O–H groups in total. The number of benzene rings is 2. The van der Waals surface area contributed by atoms with Crippen molar-refractivity contribution in [1.29, 1.82) is 0 Å². The van der Waals surface area contributed by atoms with Gasteiger partial charge in [0.05, 0.1) is 11.4 Å². The molecular formula is C15H10F3NOS. The third-order valence-electron chi connectivity index (χ3n) is 3.21. The van der Waals surface area contributed by atoms with E-state index in [0.717, 1.165) is 12.1 Å². The van der Waals surface area contributed by atoms with E-state index in [0.29, 0.717) is 5.56 Å². The van der Waals surface area contributed by atoms with E-state index in [4.69, 9.17) is 0 Å². The van der Waals surface area contributed by atoms with Gasteiger partial charge in [-0.1, -0.05) is 18.2 Å². The molecule has 1 aliphatic rings. The summed E-state index contributed by atoms with van der Waals surface area (Å²) in [4.78, 5) is 13.3. The molecule has 1 amide bonds. The normalized spacial score (nSPS) is 18.3. The van der Waals surface area contributed by atoms with Crippen LogP contribution in [0.1, 0.15) is 10.9 Å². The molecule has 0 radical (unpaired) electrons. The van der Waals surface area contributed by atoms with Crippen LogP contribution in [0.4, 0.5) is 18.9 Å². The molecular weight excluding hydrogens is 299 g/mol. The second kappa shape index (κ2) is 5.44. The molecule has 6 heteroatoms. The van der Waals surface area contributed by atoms with E-state index in [1.54, 1.807) is 6.07 Å². The van der Waals surface area contributed by atoms with Crippen LogP contribution < -0.4 is 4.90 Å². The van der Waals surface area contributed by atoms with Crippen LogP contribution in [0.25, 0.3) is 0 Å². The summed E-state index contributed by atoms with van der Waals surface area (Å²) in [5, 5.41) is -0.565. The van der Waals surface area contributed by atoms with Crippen molar-refractivity contribution in [2.24, 2.45) is 0 Å². The molecule has 3 rings (SSSR count). The zero-order valence-corrected chi connectivity index (χ0v) is 11.5. The maximum atomic E-state index is 13.9. The average molecular weight is 309 g/mol. The standard InChI is InChI=1S/C15H10F3NOS/c16-10-6-5-9(7-12(10)18)15-19(14(20)8-21-15)13-4-2-1-3-11(13)17/h1-7,15H,8H2/t15-/m1/s1. The minimum atomic E-state index is -0.985. The summed E-state index contributed by atoms with van der Waals surface area (Å²) in [5.41, 5.74) is 0.565. The fraction of sp³-hybridized carbons (Fsp3) is 0.133. The largest absolute Gasteiger partial charge is 0.292 e. The van der Waals surface area contributed by atoms with Gasteiger partial charge in [0.1, 0.15) is 11.2 Å². The van der Waals surface area contributed by atoms with Crippen LogP contribution in [0, 0.1) is 17.5 Å². The number of rotatable bonds is 2. The summed E-state index contributed by atoms with van der Waals surface area (Å²) in [6, 6.07) is 9.35. The van der Waals surface area contributed by atoms with Gasteiger partial charge in [0.15, 0.2) is 11.6 Å². The van der Waals surface area contributed by atoms with Gasteiger partial charge >= 0.3 is 0 Å². The van der Waals surface area contributed by atoms with E-state index in [9.17, 15) is 18.0 Å². The minimum Gasteiger partial charge on any atom is -0.292 e. The van der Waals surface area contributed by atoms with Crippen LogP contribution in [0.3, 0.4) is 0 Å². The number of halogens is 3. The average Bonchev–Trinajstić information content (AvgIpc) is 2.84. The first-order valence-electron chi connectivity index (χ1n) is 6.21. The Balaban J connectivity index is 2.03. The fourth-order valence-electron chi connectivity index (χ4n) is 2.24. The lowest BCUT2D eigenvalue weighted by Crippen LogP contribution is -2.28. The Hall–Kier alpha value is -1.95. The maximum absolute atomic E-state index is 13.9. The number of hydrogen-bond donors (Lipinski definition) is 0. The molecule has 0 unspecified atom stereocenters. The Labute approximate surface area is 123 Å². The van der Waals surface area contributed by atoms with Gasteiger partial charge in [-0.25, -0.2) is 13.2 Å². The lowest BCUT2D eigenvalue weighted by atomic mass is 10.1. The van der Waals surface area contributed by atoms with Crippen molar-refractivity contribution < 1.29 is 18.0 Å². The summed E-state index contributed by atoms with van der Waals surface area (Å²) < 4.78 is 40.3. The van der Waals surface area contributed by atoms with Crippen molar-refractivity contribution in [3.8, 4) is 0 Å². The number of amides is 1. The number of para-hydroxylation sites is 1. The van der Waals surface area contributed by atoms with Crippen LogP contribution >= 0.6 is 11.8 Å². The Morgan fingerprint density at radius 3 is 2.48 bits per heavy atom. The predicted octanol–water partition coefficient (Wildman–Crippen LogP) is 3.88. The van der Waals surface area contributed by atoms with Crippen molar-refractivity contribution in [1.82, 2.24) is 0 Å². The molecule has 0 aromatic heterocycles. The molecule has 1 aliphatic heterocycles. The Bertz CT molecular complexity index is 707. The second-order valence-electron chi connectivity index (χ2n) is 4.55. The minimum absolute atomic E-state index is 0.141. The highest BCUT2D eigenvalue weighted by molar-refractivity contribution is 8.00. The van der Waals surface area contributed by atoms with Gasteiger partial charge in [0.2, 0.25) is 5.91 Å². The van der Waals surface area contributed by atoms with E-state index in [2.05, 4.69) is 0 Å².